The van der Waals surface area contributed by atoms with Crippen molar-refractivity contribution in [2.45, 2.75) is 25.8 Å². The van der Waals surface area contributed by atoms with Crippen molar-refractivity contribution in [3.8, 4) is 11.8 Å². The van der Waals surface area contributed by atoms with Gasteiger partial charge >= 0.3 is 0 Å². The minimum absolute atomic E-state index is 0.241. The summed E-state index contributed by atoms with van der Waals surface area (Å²) in [5, 5.41) is 0. The zero-order valence-corrected chi connectivity index (χ0v) is 10.7. The fraction of sp³-hybridized carbons (Fsp3) is 0.235. The Labute approximate surface area is 113 Å². The molecule has 0 saturated carbocycles. The molecule has 2 aromatic rings. The number of hydrogen-bond acceptors (Lipinski definition) is 1. The highest BCUT2D eigenvalue weighted by Crippen LogP contribution is 2.17. The Bertz CT molecular complexity index is 656. The molecule has 0 N–H and O–H groups in total. The summed E-state index contributed by atoms with van der Waals surface area (Å²) in [7, 11) is 0. The maximum Gasteiger partial charge on any atom is 0.179 e. The number of fused-ring (bicyclic) bond motifs is 1. The van der Waals surface area contributed by atoms with Crippen molar-refractivity contribution in [1.82, 2.24) is 4.57 Å². The molecule has 2 heterocycles. The van der Waals surface area contributed by atoms with Crippen LogP contribution in [0.4, 0.5) is 0 Å². The first-order chi connectivity index (χ1) is 9.33. The minimum atomic E-state index is 0.241. The zero-order valence-electron chi connectivity index (χ0n) is 10.7. The van der Waals surface area contributed by atoms with Crippen molar-refractivity contribution < 1.29 is 4.79 Å². The van der Waals surface area contributed by atoms with E-state index in [2.05, 4.69) is 11.8 Å². The van der Waals surface area contributed by atoms with Gasteiger partial charge in [0, 0.05) is 30.3 Å². The van der Waals surface area contributed by atoms with Gasteiger partial charge in [-0.05, 0) is 31.0 Å². The zero-order chi connectivity index (χ0) is 13.1. The third-order valence-electron chi connectivity index (χ3n) is 3.36. The fourth-order valence-corrected chi connectivity index (χ4v) is 2.36. The van der Waals surface area contributed by atoms with Crippen molar-refractivity contribution >= 4 is 5.78 Å². The third-order valence-corrected chi connectivity index (χ3v) is 3.36. The van der Waals surface area contributed by atoms with E-state index in [0.29, 0.717) is 6.42 Å². The van der Waals surface area contributed by atoms with Crippen molar-refractivity contribution in [3.63, 3.8) is 0 Å². The van der Waals surface area contributed by atoms with Gasteiger partial charge in [0.2, 0.25) is 0 Å². The highest BCUT2D eigenvalue weighted by molar-refractivity contribution is 5.95. The van der Waals surface area contributed by atoms with Crippen molar-refractivity contribution in [2.75, 3.05) is 0 Å². The molecule has 0 aliphatic carbocycles. The molecule has 0 bridgehead atoms. The molecule has 0 saturated heterocycles. The van der Waals surface area contributed by atoms with E-state index in [1.54, 1.807) is 0 Å². The monoisotopic (exact) mass is 249 g/mol. The van der Waals surface area contributed by atoms with Gasteiger partial charge in [-0.2, -0.15) is 0 Å². The van der Waals surface area contributed by atoms with Gasteiger partial charge < -0.3 is 4.57 Å². The summed E-state index contributed by atoms with van der Waals surface area (Å²) in [6.07, 6.45) is 4.72. The lowest BCUT2D eigenvalue weighted by Crippen LogP contribution is -2.03. The van der Waals surface area contributed by atoms with Crippen LogP contribution in [-0.2, 0) is 6.54 Å². The Morgan fingerprint density at radius 2 is 1.79 bits per heavy atom. The second-order valence-corrected chi connectivity index (χ2v) is 4.80. The standard InChI is InChI=1S/C17H15NO/c19-17-8-4-5-11-18-13-15(12-16(17)18)10-9-14-6-2-1-3-7-14/h1-3,6-7,12-13H,4-5,8,11H2. The average molecular weight is 249 g/mol. The molecule has 0 amide bonds. The van der Waals surface area contributed by atoms with Crippen LogP contribution in [0.1, 0.15) is 40.9 Å². The Kier molecular flexibility index (Phi) is 3.20. The average Bonchev–Trinajstić information content (AvgIpc) is 2.78. The van der Waals surface area contributed by atoms with Crippen LogP contribution in [0.3, 0.4) is 0 Å². The van der Waals surface area contributed by atoms with E-state index in [-0.39, 0.29) is 5.78 Å². The van der Waals surface area contributed by atoms with Gasteiger partial charge in [-0.15, -0.1) is 0 Å². The molecule has 1 aliphatic rings. The molecule has 0 radical (unpaired) electrons. The number of rotatable bonds is 0. The normalized spacial score (nSPS) is 14.2. The third kappa shape index (κ3) is 2.61. The van der Waals surface area contributed by atoms with Gasteiger partial charge in [-0.1, -0.05) is 30.0 Å². The first kappa shape index (κ1) is 11.8. The number of Topliss-reactive ketones (excluding diaryl/α,β-unsaturated/α-hetero) is 1. The quantitative estimate of drug-likeness (QED) is 0.657. The molecular formula is C17H15NO. The van der Waals surface area contributed by atoms with Crippen LogP contribution in [0.5, 0.6) is 0 Å². The van der Waals surface area contributed by atoms with Crippen LogP contribution in [0.2, 0.25) is 0 Å². The summed E-state index contributed by atoms with van der Waals surface area (Å²) in [6, 6.07) is 11.8. The lowest BCUT2D eigenvalue weighted by molar-refractivity contribution is 0.0977. The van der Waals surface area contributed by atoms with Gasteiger partial charge in [0.15, 0.2) is 5.78 Å². The van der Waals surface area contributed by atoms with Gasteiger partial charge in [0.25, 0.3) is 0 Å². The molecule has 0 fully saturated rings. The number of benzene rings is 1. The molecule has 0 spiro atoms. The van der Waals surface area contributed by atoms with E-state index in [4.69, 9.17) is 0 Å². The summed E-state index contributed by atoms with van der Waals surface area (Å²) in [6.45, 7) is 0.925. The largest absolute Gasteiger partial charge is 0.344 e. The summed E-state index contributed by atoms with van der Waals surface area (Å²) in [5.74, 6) is 6.50. The van der Waals surface area contributed by atoms with Crippen LogP contribution in [-0.4, -0.2) is 10.4 Å². The van der Waals surface area contributed by atoms with E-state index in [9.17, 15) is 4.79 Å². The molecule has 3 rings (SSSR count). The summed E-state index contributed by atoms with van der Waals surface area (Å²) in [5.41, 5.74) is 2.74. The van der Waals surface area contributed by atoms with Crippen LogP contribution in [0.15, 0.2) is 42.6 Å². The predicted molar refractivity (Wildman–Crippen MR) is 75.0 cm³/mol. The number of nitrogens with zero attached hydrogens (tertiary/aromatic N) is 1. The maximum atomic E-state index is 11.9. The van der Waals surface area contributed by atoms with E-state index in [1.165, 1.54) is 0 Å². The van der Waals surface area contributed by atoms with Crippen LogP contribution < -0.4 is 0 Å². The fourth-order valence-electron chi connectivity index (χ4n) is 2.36. The molecule has 1 aromatic heterocycles. The van der Waals surface area contributed by atoms with Crippen molar-refractivity contribution in [2.24, 2.45) is 0 Å². The van der Waals surface area contributed by atoms with Crippen LogP contribution in [0.25, 0.3) is 0 Å². The van der Waals surface area contributed by atoms with E-state index < -0.39 is 0 Å². The molecule has 0 atom stereocenters. The number of ketones is 1. The van der Waals surface area contributed by atoms with Crippen LogP contribution >= 0.6 is 0 Å². The summed E-state index contributed by atoms with van der Waals surface area (Å²) in [4.78, 5) is 11.9. The SMILES string of the molecule is O=C1CCCCn2cc(C#Cc3ccccc3)cc21. The Morgan fingerprint density at radius 3 is 2.63 bits per heavy atom. The molecule has 94 valence electrons. The number of hydrogen-bond donors (Lipinski definition) is 0. The van der Waals surface area contributed by atoms with Crippen molar-refractivity contribution in [3.05, 3.63) is 59.4 Å². The second-order valence-electron chi connectivity index (χ2n) is 4.80. The Morgan fingerprint density at radius 1 is 1.00 bits per heavy atom. The Hall–Kier alpha value is -2.27. The van der Waals surface area contributed by atoms with E-state index in [1.807, 2.05) is 47.2 Å². The van der Waals surface area contributed by atoms with E-state index >= 15 is 0 Å². The Balaban J connectivity index is 1.90. The first-order valence-electron chi connectivity index (χ1n) is 6.63. The number of aromatic nitrogens is 1. The van der Waals surface area contributed by atoms with Gasteiger partial charge in [0.05, 0.1) is 5.69 Å². The van der Waals surface area contributed by atoms with Gasteiger partial charge in [0.1, 0.15) is 0 Å². The molecular weight excluding hydrogens is 234 g/mol. The summed E-state index contributed by atoms with van der Waals surface area (Å²) < 4.78 is 2.05. The first-order valence-corrected chi connectivity index (χ1v) is 6.63. The molecule has 2 nitrogen and oxygen atoms in total. The molecule has 19 heavy (non-hydrogen) atoms. The van der Waals surface area contributed by atoms with Gasteiger partial charge in [-0.3, -0.25) is 4.79 Å². The number of carbonyl (C=O) groups excluding carboxylic acids is 1. The molecule has 2 heteroatoms. The van der Waals surface area contributed by atoms with Crippen LogP contribution in [0, 0.1) is 11.8 Å². The van der Waals surface area contributed by atoms with E-state index in [0.717, 1.165) is 36.2 Å². The lowest BCUT2D eigenvalue weighted by atomic mass is 10.1. The highest BCUT2D eigenvalue weighted by Gasteiger charge is 2.15. The number of aryl methyl sites for hydroxylation is 1. The lowest BCUT2D eigenvalue weighted by Gasteiger charge is -2.00. The maximum absolute atomic E-state index is 11.9. The minimum Gasteiger partial charge on any atom is -0.344 e. The summed E-state index contributed by atoms with van der Waals surface area (Å²) >= 11 is 0. The van der Waals surface area contributed by atoms with Crippen molar-refractivity contribution in [1.29, 1.82) is 0 Å². The topological polar surface area (TPSA) is 22.0 Å². The van der Waals surface area contributed by atoms with Gasteiger partial charge in [-0.25, -0.2) is 0 Å². The smallest absolute Gasteiger partial charge is 0.179 e. The molecule has 0 unspecified atom stereocenters. The predicted octanol–water partition coefficient (Wildman–Crippen LogP) is 3.25. The molecule has 1 aromatic carbocycles. The highest BCUT2D eigenvalue weighted by atomic mass is 16.1. The number of carbonyl (C=O) groups is 1. The molecule has 1 aliphatic heterocycles. The second kappa shape index (κ2) is 5.16.